The zero-order chi connectivity index (χ0) is 20.1. The second-order valence-corrected chi connectivity index (χ2v) is 8.78. The lowest BCUT2D eigenvalue weighted by Crippen LogP contribution is -2.45. The molecule has 0 saturated carbocycles. The van der Waals surface area contributed by atoms with Crippen LogP contribution >= 0.6 is 0 Å². The number of esters is 1. The lowest BCUT2D eigenvalue weighted by atomic mass is 9.73. The molecule has 1 saturated heterocycles. The van der Waals surface area contributed by atoms with Crippen molar-refractivity contribution in [2.45, 2.75) is 91.0 Å². The van der Waals surface area contributed by atoms with Gasteiger partial charge in [-0.3, -0.25) is 9.59 Å². The third-order valence-corrected chi connectivity index (χ3v) is 5.83. The van der Waals surface area contributed by atoms with E-state index in [1.807, 2.05) is 6.92 Å². The van der Waals surface area contributed by atoms with Crippen molar-refractivity contribution in [3.05, 3.63) is 0 Å². The molecule has 1 fully saturated rings. The van der Waals surface area contributed by atoms with Crippen LogP contribution < -0.4 is 0 Å². The Morgan fingerprint density at radius 1 is 1.04 bits per heavy atom. The number of Topliss-reactive ketones (excluding diaryl/α,β-unsaturated/α-hetero) is 1. The standard InChI is InChI=1S/C20H36O6/c1-13-8-6-9-20(5,25)10-7-11-26-16(22)12-15(21)19(3,4)18(24)14(2)17(13)23/h13-15,17,21,23,25H,6-12H2,1-5H3/t13-,14+,15-,17-,20+/m0/s1. The molecule has 0 spiro atoms. The minimum atomic E-state index is -1.18. The van der Waals surface area contributed by atoms with Gasteiger partial charge in [-0.1, -0.05) is 34.1 Å². The summed E-state index contributed by atoms with van der Waals surface area (Å²) in [6.07, 6.45) is 0.789. The van der Waals surface area contributed by atoms with E-state index in [1.165, 1.54) is 0 Å². The maximum atomic E-state index is 12.8. The van der Waals surface area contributed by atoms with Crippen LogP contribution in [-0.2, 0) is 14.3 Å². The average molecular weight is 373 g/mol. The van der Waals surface area contributed by atoms with Gasteiger partial charge in [0.25, 0.3) is 0 Å². The number of rotatable bonds is 0. The van der Waals surface area contributed by atoms with Gasteiger partial charge >= 0.3 is 5.97 Å². The predicted octanol–water partition coefficient (Wildman–Crippen LogP) is 2.22. The molecule has 5 atom stereocenters. The van der Waals surface area contributed by atoms with Crippen LogP contribution in [0.2, 0.25) is 0 Å². The molecular weight excluding hydrogens is 336 g/mol. The molecular formula is C20H36O6. The van der Waals surface area contributed by atoms with Gasteiger partial charge in [0.15, 0.2) is 0 Å². The second kappa shape index (κ2) is 9.29. The summed E-state index contributed by atoms with van der Waals surface area (Å²) in [5, 5.41) is 31.4. The van der Waals surface area contributed by atoms with E-state index in [1.54, 1.807) is 27.7 Å². The molecule has 0 aliphatic carbocycles. The van der Waals surface area contributed by atoms with E-state index in [4.69, 9.17) is 4.74 Å². The Morgan fingerprint density at radius 2 is 1.62 bits per heavy atom. The Kier molecular flexibility index (Phi) is 8.24. The van der Waals surface area contributed by atoms with E-state index in [0.717, 1.165) is 6.42 Å². The molecule has 6 nitrogen and oxygen atoms in total. The molecule has 0 unspecified atom stereocenters. The maximum absolute atomic E-state index is 12.8. The third-order valence-electron chi connectivity index (χ3n) is 5.83. The van der Waals surface area contributed by atoms with Gasteiger partial charge in [-0.15, -0.1) is 0 Å². The lowest BCUT2D eigenvalue weighted by Gasteiger charge is -2.34. The van der Waals surface area contributed by atoms with Crippen LogP contribution in [0.5, 0.6) is 0 Å². The predicted molar refractivity (Wildman–Crippen MR) is 98.4 cm³/mol. The number of aliphatic hydroxyl groups excluding tert-OH is 2. The Morgan fingerprint density at radius 3 is 2.23 bits per heavy atom. The summed E-state index contributed by atoms with van der Waals surface area (Å²) in [7, 11) is 0. The molecule has 0 bridgehead atoms. The van der Waals surface area contributed by atoms with Crippen molar-refractivity contribution in [1.82, 2.24) is 0 Å². The quantitative estimate of drug-likeness (QED) is 0.563. The summed E-state index contributed by atoms with van der Waals surface area (Å²) in [5.41, 5.74) is -2.00. The fourth-order valence-corrected chi connectivity index (χ4v) is 3.61. The SMILES string of the molecule is C[C@H]1CCC[C@@](C)(O)CCCOC(=O)C[C@H](O)C(C)(C)C(=O)[C@H](C)[C@H]1O. The first-order valence-corrected chi connectivity index (χ1v) is 9.67. The van der Waals surface area contributed by atoms with Gasteiger partial charge in [-0.05, 0) is 38.5 Å². The molecule has 1 aliphatic heterocycles. The van der Waals surface area contributed by atoms with Crippen molar-refractivity contribution in [3.63, 3.8) is 0 Å². The maximum Gasteiger partial charge on any atom is 0.308 e. The van der Waals surface area contributed by atoms with Crippen LogP contribution in [0.25, 0.3) is 0 Å². The fraction of sp³-hybridized carbons (Fsp3) is 0.900. The van der Waals surface area contributed by atoms with Crippen LogP contribution in [0, 0.1) is 17.3 Å². The molecule has 1 heterocycles. The molecule has 1 rings (SSSR count). The summed E-state index contributed by atoms with van der Waals surface area (Å²) in [5.74, 6) is -1.59. The number of cyclic esters (lactones) is 1. The van der Waals surface area contributed by atoms with E-state index >= 15 is 0 Å². The average Bonchev–Trinajstić information content (AvgIpc) is 2.55. The van der Waals surface area contributed by atoms with E-state index in [2.05, 4.69) is 0 Å². The molecule has 0 aromatic rings. The van der Waals surface area contributed by atoms with Crippen molar-refractivity contribution < 1.29 is 29.6 Å². The number of aliphatic hydroxyl groups is 3. The Balaban J connectivity index is 2.95. The highest BCUT2D eigenvalue weighted by atomic mass is 16.5. The summed E-state index contributed by atoms with van der Waals surface area (Å²) >= 11 is 0. The first-order valence-electron chi connectivity index (χ1n) is 9.67. The van der Waals surface area contributed by atoms with Gasteiger partial charge in [0.2, 0.25) is 0 Å². The molecule has 152 valence electrons. The minimum absolute atomic E-state index is 0.101. The van der Waals surface area contributed by atoms with Crippen LogP contribution in [0.15, 0.2) is 0 Å². The molecule has 3 N–H and O–H groups in total. The monoisotopic (exact) mass is 372 g/mol. The van der Waals surface area contributed by atoms with Crippen LogP contribution in [0.3, 0.4) is 0 Å². The van der Waals surface area contributed by atoms with Crippen molar-refractivity contribution in [1.29, 1.82) is 0 Å². The number of hydrogen-bond donors (Lipinski definition) is 3. The first-order chi connectivity index (χ1) is 11.9. The largest absolute Gasteiger partial charge is 0.466 e. The fourth-order valence-electron chi connectivity index (χ4n) is 3.61. The highest BCUT2D eigenvalue weighted by molar-refractivity contribution is 5.87. The van der Waals surface area contributed by atoms with Gasteiger partial charge in [-0.2, -0.15) is 0 Å². The van der Waals surface area contributed by atoms with E-state index in [-0.39, 0.29) is 24.7 Å². The Labute approximate surface area is 156 Å². The second-order valence-electron chi connectivity index (χ2n) is 8.78. The summed E-state index contributed by atoms with van der Waals surface area (Å²) in [6, 6.07) is 0. The van der Waals surface area contributed by atoms with Crippen molar-refractivity contribution in [2.24, 2.45) is 17.3 Å². The third kappa shape index (κ3) is 6.32. The van der Waals surface area contributed by atoms with E-state index in [0.29, 0.717) is 25.7 Å². The highest BCUT2D eigenvalue weighted by Crippen LogP contribution is 2.32. The molecule has 0 radical (unpaired) electrons. The molecule has 0 aromatic heterocycles. The molecule has 0 aromatic carbocycles. The number of hydrogen-bond acceptors (Lipinski definition) is 6. The first kappa shape index (κ1) is 23.1. The molecule has 26 heavy (non-hydrogen) atoms. The van der Waals surface area contributed by atoms with Crippen LogP contribution in [0.4, 0.5) is 0 Å². The highest BCUT2D eigenvalue weighted by Gasteiger charge is 2.42. The van der Waals surface area contributed by atoms with Gasteiger partial charge in [0.05, 0.1) is 36.3 Å². The summed E-state index contributed by atoms with van der Waals surface area (Å²) in [6.45, 7) is 8.70. The normalized spacial score (nSPS) is 38.6. The molecule has 1 aliphatic rings. The van der Waals surface area contributed by atoms with Crippen LogP contribution in [0.1, 0.15) is 73.1 Å². The van der Waals surface area contributed by atoms with Gasteiger partial charge in [-0.25, -0.2) is 0 Å². The minimum Gasteiger partial charge on any atom is -0.466 e. The topological polar surface area (TPSA) is 104 Å². The van der Waals surface area contributed by atoms with E-state index in [9.17, 15) is 24.9 Å². The number of ether oxygens (including phenoxy) is 1. The lowest BCUT2D eigenvalue weighted by molar-refractivity contribution is -0.152. The number of carbonyl (C=O) groups excluding carboxylic acids is 2. The summed E-state index contributed by atoms with van der Waals surface area (Å²) in [4.78, 5) is 24.8. The molecule has 0 amide bonds. The van der Waals surface area contributed by atoms with Gasteiger partial charge in [0, 0.05) is 5.92 Å². The Bertz CT molecular complexity index is 485. The number of ketones is 1. The van der Waals surface area contributed by atoms with Crippen molar-refractivity contribution in [2.75, 3.05) is 6.61 Å². The van der Waals surface area contributed by atoms with Gasteiger partial charge < -0.3 is 20.1 Å². The zero-order valence-electron chi connectivity index (χ0n) is 16.8. The summed E-state index contributed by atoms with van der Waals surface area (Å²) < 4.78 is 5.13. The number of carbonyl (C=O) groups is 2. The van der Waals surface area contributed by atoms with Crippen LogP contribution in [-0.4, -0.2) is 51.5 Å². The van der Waals surface area contributed by atoms with Gasteiger partial charge in [0.1, 0.15) is 5.78 Å². The Hall–Kier alpha value is -0.980. The van der Waals surface area contributed by atoms with Crippen molar-refractivity contribution in [3.8, 4) is 0 Å². The molecule has 6 heteroatoms. The smallest absolute Gasteiger partial charge is 0.308 e. The van der Waals surface area contributed by atoms with E-state index < -0.39 is 35.1 Å². The van der Waals surface area contributed by atoms with Crippen molar-refractivity contribution >= 4 is 11.8 Å². The zero-order valence-corrected chi connectivity index (χ0v) is 16.8.